The lowest BCUT2D eigenvalue weighted by molar-refractivity contribution is -0.117. The molecule has 0 aliphatic rings. The van der Waals surface area contributed by atoms with Crippen LogP contribution in [-0.4, -0.2) is 18.1 Å². The zero-order chi connectivity index (χ0) is 19.8. The van der Waals surface area contributed by atoms with Gasteiger partial charge in [-0.2, -0.15) is 0 Å². The van der Waals surface area contributed by atoms with Gasteiger partial charge in [0.1, 0.15) is 11.8 Å². The fourth-order valence-electron chi connectivity index (χ4n) is 2.72. The van der Waals surface area contributed by atoms with E-state index in [0.717, 1.165) is 16.9 Å². The summed E-state index contributed by atoms with van der Waals surface area (Å²) in [7, 11) is 1.59. The first-order valence-corrected chi connectivity index (χ1v) is 9.19. The quantitative estimate of drug-likeness (QED) is 0.545. The van der Waals surface area contributed by atoms with E-state index in [0.29, 0.717) is 10.9 Å². The van der Waals surface area contributed by atoms with Crippen LogP contribution in [0.5, 0.6) is 5.75 Å². The van der Waals surface area contributed by atoms with Gasteiger partial charge in [-0.05, 0) is 42.0 Å². The smallest absolute Gasteiger partial charge is 0.251 e. The fraction of sp³-hybridized carbons (Fsp3) is 0.0909. The van der Waals surface area contributed by atoms with Gasteiger partial charge in [0.15, 0.2) is 5.11 Å². The molecule has 3 aromatic rings. The Balaban J connectivity index is 1.77. The number of para-hydroxylation sites is 3. The lowest BCUT2D eigenvalue weighted by Gasteiger charge is -2.21. The molecule has 28 heavy (non-hydrogen) atoms. The van der Waals surface area contributed by atoms with Crippen molar-refractivity contribution in [2.75, 3.05) is 17.7 Å². The first-order chi connectivity index (χ1) is 13.7. The number of benzene rings is 3. The van der Waals surface area contributed by atoms with Crippen LogP contribution in [0.3, 0.4) is 0 Å². The molecule has 3 aromatic carbocycles. The minimum absolute atomic E-state index is 0.207. The van der Waals surface area contributed by atoms with Crippen molar-refractivity contribution < 1.29 is 9.53 Å². The highest BCUT2D eigenvalue weighted by molar-refractivity contribution is 7.80. The average molecular weight is 391 g/mol. The third kappa shape index (κ3) is 5.08. The van der Waals surface area contributed by atoms with E-state index >= 15 is 0 Å². The number of hydrogen-bond acceptors (Lipinski definition) is 3. The summed E-state index contributed by atoms with van der Waals surface area (Å²) in [5.41, 5.74) is 2.25. The zero-order valence-corrected chi connectivity index (χ0v) is 16.2. The first kappa shape index (κ1) is 19.4. The van der Waals surface area contributed by atoms with Crippen molar-refractivity contribution in [1.29, 1.82) is 0 Å². The van der Waals surface area contributed by atoms with Crippen LogP contribution < -0.4 is 20.7 Å². The summed E-state index contributed by atoms with van der Waals surface area (Å²) >= 11 is 5.45. The highest BCUT2D eigenvalue weighted by atomic mass is 32.1. The maximum Gasteiger partial charge on any atom is 0.251 e. The van der Waals surface area contributed by atoms with Crippen LogP contribution in [0.2, 0.25) is 0 Å². The summed E-state index contributed by atoms with van der Waals surface area (Å²) in [6.45, 7) is 0. The maximum atomic E-state index is 12.9. The highest BCUT2D eigenvalue weighted by Crippen LogP contribution is 2.23. The van der Waals surface area contributed by atoms with Crippen LogP contribution in [0.25, 0.3) is 0 Å². The Labute approximate surface area is 169 Å². The molecule has 1 unspecified atom stereocenters. The number of carbonyl (C=O) groups excluding carboxylic acids is 1. The van der Waals surface area contributed by atoms with Gasteiger partial charge in [0.25, 0.3) is 5.91 Å². The number of nitrogens with one attached hydrogen (secondary N) is 3. The molecule has 0 bridgehead atoms. The van der Waals surface area contributed by atoms with E-state index in [-0.39, 0.29) is 5.91 Å². The number of ether oxygens (including phenoxy) is 1. The van der Waals surface area contributed by atoms with Gasteiger partial charge in [0.2, 0.25) is 0 Å². The Morgan fingerprint density at radius 3 is 2.14 bits per heavy atom. The third-order valence-electron chi connectivity index (χ3n) is 4.07. The van der Waals surface area contributed by atoms with E-state index in [4.69, 9.17) is 17.0 Å². The van der Waals surface area contributed by atoms with Gasteiger partial charge in [0, 0.05) is 5.69 Å². The van der Waals surface area contributed by atoms with Crippen LogP contribution >= 0.6 is 12.2 Å². The Kier molecular flexibility index (Phi) is 6.59. The zero-order valence-electron chi connectivity index (χ0n) is 15.4. The summed E-state index contributed by atoms with van der Waals surface area (Å²) < 4.78 is 5.33. The van der Waals surface area contributed by atoms with Crippen LogP contribution in [-0.2, 0) is 4.79 Å². The predicted molar refractivity (Wildman–Crippen MR) is 117 cm³/mol. The van der Waals surface area contributed by atoms with E-state index in [9.17, 15) is 4.79 Å². The van der Waals surface area contributed by atoms with Gasteiger partial charge < -0.3 is 20.7 Å². The topological polar surface area (TPSA) is 62.4 Å². The van der Waals surface area contributed by atoms with Crippen LogP contribution in [0, 0.1) is 0 Å². The normalized spacial score (nSPS) is 11.2. The van der Waals surface area contributed by atoms with Gasteiger partial charge in [-0.15, -0.1) is 0 Å². The largest absolute Gasteiger partial charge is 0.495 e. The summed E-state index contributed by atoms with van der Waals surface area (Å²) in [4.78, 5) is 12.9. The molecule has 0 aliphatic heterocycles. The van der Waals surface area contributed by atoms with Crippen molar-refractivity contribution >= 4 is 34.6 Å². The molecular weight excluding hydrogens is 370 g/mol. The molecule has 1 amide bonds. The van der Waals surface area contributed by atoms with Gasteiger partial charge in [0.05, 0.1) is 12.8 Å². The summed E-state index contributed by atoms with van der Waals surface area (Å²) in [6, 6.07) is 25.5. The number of anilines is 2. The van der Waals surface area contributed by atoms with Gasteiger partial charge in [-0.3, -0.25) is 4.79 Å². The molecule has 0 saturated heterocycles. The molecule has 0 aromatic heterocycles. The molecule has 0 heterocycles. The second-order valence-electron chi connectivity index (χ2n) is 6.00. The Bertz CT molecular complexity index is 933. The number of amides is 1. The summed E-state index contributed by atoms with van der Waals surface area (Å²) in [5.74, 6) is 0.457. The molecule has 6 heteroatoms. The van der Waals surface area contributed by atoms with E-state index in [1.54, 1.807) is 7.11 Å². The van der Waals surface area contributed by atoms with Crippen molar-refractivity contribution in [3.05, 3.63) is 90.5 Å². The molecule has 5 nitrogen and oxygen atoms in total. The molecule has 0 aliphatic carbocycles. The van der Waals surface area contributed by atoms with E-state index in [1.807, 2.05) is 84.9 Å². The van der Waals surface area contributed by atoms with Gasteiger partial charge in [-0.1, -0.05) is 60.7 Å². The SMILES string of the molecule is COc1ccccc1NC(=S)NC(C(=O)Nc1ccccc1)c1ccccc1. The molecule has 3 rings (SSSR count). The Morgan fingerprint density at radius 2 is 1.46 bits per heavy atom. The standard InChI is InChI=1S/C22H21N3O2S/c1-27-19-15-9-8-14-18(19)24-22(28)25-20(16-10-4-2-5-11-16)21(26)23-17-12-6-3-7-13-17/h2-15,20H,1H3,(H,23,26)(H2,24,25,28). The van der Waals surface area contributed by atoms with E-state index in [1.165, 1.54) is 0 Å². The van der Waals surface area contributed by atoms with Crippen LogP contribution in [0.15, 0.2) is 84.9 Å². The maximum absolute atomic E-state index is 12.9. The van der Waals surface area contributed by atoms with Crippen LogP contribution in [0.4, 0.5) is 11.4 Å². The second kappa shape index (κ2) is 9.53. The molecule has 0 fully saturated rings. The van der Waals surface area contributed by atoms with Crippen molar-refractivity contribution in [2.45, 2.75) is 6.04 Å². The molecule has 0 spiro atoms. The molecule has 142 valence electrons. The highest BCUT2D eigenvalue weighted by Gasteiger charge is 2.22. The first-order valence-electron chi connectivity index (χ1n) is 8.79. The second-order valence-corrected chi connectivity index (χ2v) is 6.41. The number of hydrogen-bond donors (Lipinski definition) is 3. The Hall–Kier alpha value is -3.38. The third-order valence-corrected chi connectivity index (χ3v) is 4.29. The number of rotatable bonds is 6. The van der Waals surface area contributed by atoms with Gasteiger partial charge >= 0.3 is 0 Å². The fourth-order valence-corrected chi connectivity index (χ4v) is 2.95. The lowest BCUT2D eigenvalue weighted by Crippen LogP contribution is -2.39. The minimum atomic E-state index is -0.656. The Morgan fingerprint density at radius 1 is 0.857 bits per heavy atom. The average Bonchev–Trinajstić information content (AvgIpc) is 2.73. The molecule has 0 radical (unpaired) electrons. The molecule has 0 saturated carbocycles. The number of carbonyl (C=O) groups is 1. The van der Waals surface area contributed by atoms with Crippen molar-refractivity contribution in [2.24, 2.45) is 0 Å². The molecule has 3 N–H and O–H groups in total. The summed E-state index contributed by atoms with van der Waals surface area (Å²) in [5, 5.41) is 9.44. The van der Waals surface area contributed by atoms with E-state index < -0.39 is 6.04 Å². The predicted octanol–water partition coefficient (Wildman–Crippen LogP) is 4.36. The minimum Gasteiger partial charge on any atom is -0.495 e. The van der Waals surface area contributed by atoms with Gasteiger partial charge in [-0.25, -0.2) is 0 Å². The monoisotopic (exact) mass is 391 g/mol. The molecular formula is C22H21N3O2S. The molecule has 1 atom stereocenters. The van der Waals surface area contributed by atoms with E-state index in [2.05, 4.69) is 16.0 Å². The van der Waals surface area contributed by atoms with Crippen molar-refractivity contribution in [1.82, 2.24) is 5.32 Å². The number of methoxy groups -OCH3 is 1. The van der Waals surface area contributed by atoms with Crippen LogP contribution in [0.1, 0.15) is 11.6 Å². The van der Waals surface area contributed by atoms with Crippen molar-refractivity contribution in [3.8, 4) is 5.75 Å². The summed E-state index contributed by atoms with van der Waals surface area (Å²) in [6.07, 6.45) is 0. The van der Waals surface area contributed by atoms with Crippen molar-refractivity contribution in [3.63, 3.8) is 0 Å². The lowest BCUT2D eigenvalue weighted by atomic mass is 10.1. The number of thiocarbonyl (C=S) groups is 1.